The lowest BCUT2D eigenvalue weighted by Crippen LogP contribution is -2.49. The number of aromatic nitrogens is 1. The summed E-state index contributed by atoms with van der Waals surface area (Å²) < 4.78 is 45.2. The van der Waals surface area contributed by atoms with E-state index in [4.69, 9.17) is 9.57 Å². The Labute approximate surface area is 248 Å². The van der Waals surface area contributed by atoms with E-state index in [-0.39, 0.29) is 30.3 Å². The zero-order chi connectivity index (χ0) is 31.2. The second kappa shape index (κ2) is 13.6. The highest BCUT2D eigenvalue weighted by Gasteiger charge is 2.36. The Bertz CT molecular complexity index is 1270. The summed E-state index contributed by atoms with van der Waals surface area (Å²) in [4.78, 5) is 52.3. The minimum atomic E-state index is -4.61. The van der Waals surface area contributed by atoms with Crippen molar-refractivity contribution < 1.29 is 37.1 Å². The summed E-state index contributed by atoms with van der Waals surface area (Å²) in [5.74, 6) is -0.953. The molecule has 0 spiro atoms. The van der Waals surface area contributed by atoms with Crippen LogP contribution < -0.4 is 10.2 Å². The van der Waals surface area contributed by atoms with Gasteiger partial charge in [0.1, 0.15) is 11.3 Å². The lowest BCUT2D eigenvalue weighted by molar-refractivity contribution is -0.157. The van der Waals surface area contributed by atoms with Crippen molar-refractivity contribution in [2.75, 3.05) is 70.3 Å². The van der Waals surface area contributed by atoms with Gasteiger partial charge < -0.3 is 24.7 Å². The first-order chi connectivity index (χ1) is 20.3. The average molecular weight is 607 g/mol. The number of rotatable bonds is 7. The van der Waals surface area contributed by atoms with Gasteiger partial charge in [-0.25, -0.2) is 9.78 Å². The predicted molar refractivity (Wildman–Crippen MR) is 151 cm³/mol. The molecule has 2 amide bonds. The van der Waals surface area contributed by atoms with Gasteiger partial charge in [0.25, 0.3) is 11.8 Å². The number of carbonyl (C=O) groups is 3. The lowest BCUT2D eigenvalue weighted by atomic mass is 10.1. The van der Waals surface area contributed by atoms with E-state index >= 15 is 0 Å². The molecule has 1 aromatic carbocycles. The fraction of sp³-hybridized carbons (Fsp3) is 0.517. The maximum atomic E-state index is 13.4. The van der Waals surface area contributed by atoms with Crippen LogP contribution in [-0.4, -0.2) is 109 Å². The predicted octanol–water partition coefficient (Wildman–Crippen LogP) is 3.28. The van der Waals surface area contributed by atoms with Crippen LogP contribution in [0.15, 0.2) is 42.6 Å². The van der Waals surface area contributed by atoms with E-state index in [0.29, 0.717) is 52.4 Å². The van der Waals surface area contributed by atoms with Gasteiger partial charge in [0.05, 0.1) is 23.0 Å². The smallest absolute Gasteiger partial charge is 0.427 e. The fourth-order valence-electron chi connectivity index (χ4n) is 4.80. The first-order valence-electron chi connectivity index (χ1n) is 14.1. The largest absolute Gasteiger partial charge is 0.528 e. The summed E-state index contributed by atoms with van der Waals surface area (Å²) in [6.45, 7) is 10.1. The van der Waals surface area contributed by atoms with Crippen LogP contribution in [0.4, 0.5) is 23.7 Å². The Morgan fingerprint density at radius 1 is 0.907 bits per heavy atom. The van der Waals surface area contributed by atoms with Crippen molar-refractivity contribution in [1.29, 1.82) is 0 Å². The Balaban J connectivity index is 1.18. The molecule has 43 heavy (non-hydrogen) atoms. The van der Waals surface area contributed by atoms with Crippen molar-refractivity contribution >= 4 is 23.7 Å². The quantitative estimate of drug-likeness (QED) is 0.476. The lowest BCUT2D eigenvalue weighted by Gasteiger charge is -2.36. The van der Waals surface area contributed by atoms with Crippen LogP contribution in [0, 0.1) is 0 Å². The second-order valence-electron chi connectivity index (χ2n) is 11.3. The van der Waals surface area contributed by atoms with E-state index in [9.17, 15) is 27.6 Å². The number of nitrogens with zero attached hydrogens (tertiary/aromatic N) is 5. The van der Waals surface area contributed by atoms with E-state index < -0.39 is 29.4 Å². The number of hydrogen-bond acceptors (Lipinski definition) is 9. The number of hydrogen-bond donors (Lipinski definition) is 1. The zero-order valence-electron chi connectivity index (χ0n) is 24.5. The van der Waals surface area contributed by atoms with Gasteiger partial charge in [-0.15, -0.1) is 5.06 Å². The molecule has 0 radical (unpaired) electrons. The minimum absolute atomic E-state index is 0.259. The van der Waals surface area contributed by atoms with Crippen molar-refractivity contribution in [2.45, 2.75) is 32.5 Å². The van der Waals surface area contributed by atoms with Crippen LogP contribution in [0.25, 0.3) is 0 Å². The van der Waals surface area contributed by atoms with Gasteiger partial charge in [-0.2, -0.15) is 13.2 Å². The third-order valence-electron chi connectivity index (χ3n) is 7.01. The highest BCUT2D eigenvalue weighted by molar-refractivity contribution is 5.96. The monoisotopic (exact) mass is 606 g/mol. The third-order valence-corrected chi connectivity index (χ3v) is 7.01. The van der Waals surface area contributed by atoms with Gasteiger partial charge in [0.2, 0.25) is 0 Å². The number of halogens is 3. The van der Waals surface area contributed by atoms with Gasteiger partial charge in [-0.3, -0.25) is 14.5 Å². The van der Waals surface area contributed by atoms with Gasteiger partial charge >= 0.3 is 12.3 Å². The van der Waals surface area contributed by atoms with E-state index in [1.54, 1.807) is 44.2 Å². The van der Waals surface area contributed by atoms with Gasteiger partial charge in [0, 0.05) is 65.4 Å². The molecular weight excluding hydrogens is 569 g/mol. The number of alkyl halides is 3. The number of anilines is 1. The molecule has 0 atom stereocenters. The third kappa shape index (κ3) is 9.04. The summed E-state index contributed by atoms with van der Waals surface area (Å²) in [6, 6.07) is 8.20. The summed E-state index contributed by atoms with van der Waals surface area (Å²) in [5.41, 5.74) is -0.896. The van der Waals surface area contributed by atoms with Gasteiger partial charge in [-0.1, -0.05) is 12.1 Å². The van der Waals surface area contributed by atoms with E-state index in [1.807, 2.05) is 4.90 Å². The topological polar surface area (TPSA) is 108 Å². The standard InChI is InChI=1S/C29H37F3N6O5/c1-28(2,3)42-27(41)43-38-18-12-35(13-19-38)11-10-33-25(39)24-9-8-21(20-34-24)36-14-16-37(17-15-36)26(40)22-6-4-5-7-23(22)29(30,31)32/h4-9,20H,10-19H2,1-3H3,(H,33,39). The number of pyridine rings is 1. The summed E-state index contributed by atoms with van der Waals surface area (Å²) >= 11 is 0. The van der Waals surface area contributed by atoms with Crippen molar-refractivity contribution in [3.63, 3.8) is 0 Å². The molecular formula is C29H37F3N6O5. The van der Waals surface area contributed by atoms with Crippen LogP contribution >= 0.6 is 0 Å². The first-order valence-corrected chi connectivity index (χ1v) is 14.1. The SMILES string of the molecule is CC(C)(C)OC(=O)ON1CCN(CCNC(=O)c2ccc(N3CCN(C(=O)c4ccccc4C(F)(F)F)CC3)cn2)CC1. The Morgan fingerprint density at radius 2 is 1.58 bits per heavy atom. The van der Waals surface area contributed by atoms with E-state index in [0.717, 1.165) is 11.8 Å². The number of piperazine rings is 2. The van der Waals surface area contributed by atoms with Crippen LogP contribution in [0.3, 0.4) is 0 Å². The Hall–Kier alpha value is -3.91. The molecule has 1 aromatic heterocycles. The average Bonchev–Trinajstić information content (AvgIpc) is 2.96. The minimum Gasteiger partial charge on any atom is -0.427 e. The molecule has 0 unspecified atom stereocenters. The number of carbonyl (C=O) groups excluding carboxylic acids is 3. The molecule has 2 fully saturated rings. The van der Waals surface area contributed by atoms with Crippen molar-refractivity contribution in [3.05, 3.63) is 59.4 Å². The summed E-state index contributed by atoms with van der Waals surface area (Å²) in [7, 11) is 0. The number of ether oxygens (including phenoxy) is 1. The van der Waals surface area contributed by atoms with Crippen molar-refractivity contribution in [3.8, 4) is 0 Å². The van der Waals surface area contributed by atoms with Crippen LogP contribution in [0.2, 0.25) is 0 Å². The highest BCUT2D eigenvalue weighted by atomic mass is 19.4. The molecule has 3 heterocycles. The van der Waals surface area contributed by atoms with Crippen molar-refractivity contribution in [1.82, 2.24) is 25.2 Å². The number of benzene rings is 1. The maximum Gasteiger partial charge on any atom is 0.528 e. The Kier molecular flexibility index (Phi) is 10.1. The van der Waals surface area contributed by atoms with Crippen LogP contribution in [-0.2, 0) is 15.8 Å². The van der Waals surface area contributed by atoms with Gasteiger partial charge in [0.15, 0.2) is 0 Å². The molecule has 0 saturated carbocycles. The molecule has 0 bridgehead atoms. The molecule has 14 heteroatoms. The van der Waals surface area contributed by atoms with Crippen molar-refractivity contribution in [2.24, 2.45) is 0 Å². The second-order valence-corrected chi connectivity index (χ2v) is 11.3. The molecule has 2 aromatic rings. The number of amides is 2. The number of hydroxylamine groups is 2. The molecule has 11 nitrogen and oxygen atoms in total. The van der Waals surface area contributed by atoms with E-state index in [1.165, 1.54) is 23.1 Å². The Morgan fingerprint density at radius 3 is 2.19 bits per heavy atom. The summed E-state index contributed by atoms with van der Waals surface area (Å²) in [5, 5.41) is 4.43. The molecule has 2 aliphatic rings. The molecule has 0 aliphatic carbocycles. The normalized spacial score (nSPS) is 17.0. The highest BCUT2D eigenvalue weighted by Crippen LogP contribution is 2.32. The van der Waals surface area contributed by atoms with Crippen LogP contribution in [0.5, 0.6) is 0 Å². The van der Waals surface area contributed by atoms with Crippen LogP contribution in [0.1, 0.15) is 47.2 Å². The maximum absolute atomic E-state index is 13.4. The molecule has 2 saturated heterocycles. The zero-order valence-corrected chi connectivity index (χ0v) is 24.5. The molecule has 2 aliphatic heterocycles. The molecule has 1 N–H and O–H groups in total. The first kappa shape index (κ1) is 32.0. The molecule has 4 rings (SSSR count). The molecule has 234 valence electrons. The number of nitrogens with one attached hydrogen (secondary N) is 1. The van der Waals surface area contributed by atoms with Gasteiger partial charge in [-0.05, 0) is 45.0 Å². The summed E-state index contributed by atoms with van der Waals surface area (Å²) in [6.07, 6.45) is -3.76. The van der Waals surface area contributed by atoms with E-state index in [2.05, 4.69) is 15.2 Å². The fourth-order valence-corrected chi connectivity index (χ4v) is 4.80.